The average molecular weight is 540 g/mol. The summed E-state index contributed by atoms with van der Waals surface area (Å²) in [5, 5.41) is 6.84. The first-order chi connectivity index (χ1) is 18.7. The van der Waals surface area contributed by atoms with Gasteiger partial charge >= 0.3 is 6.18 Å². The topological polar surface area (TPSA) is 117 Å². The van der Waals surface area contributed by atoms with Crippen LogP contribution in [-0.4, -0.2) is 46.8 Å². The number of imidazole rings is 1. The smallest absolute Gasteiger partial charge is 0.434 e. The third kappa shape index (κ3) is 4.62. The van der Waals surface area contributed by atoms with Crippen LogP contribution in [0.4, 0.5) is 17.6 Å². The van der Waals surface area contributed by atoms with Crippen LogP contribution in [0.5, 0.6) is 11.8 Å². The fraction of sp³-hybridized carbons (Fsp3) is 0.280. The minimum absolute atomic E-state index is 0.0687. The summed E-state index contributed by atoms with van der Waals surface area (Å²) in [4.78, 5) is 21.4. The molecule has 5 aromatic rings. The molecule has 10 nitrogen and oxygen atoms in total. The lowest BCUT2D eigenvalue weighted by atomic mass is 10.1. The number of benzene rings is 1. The Bertz CT molecular complexity index is 1690. The van der Waals surface area contributed by atoms with Crippen LogP contribution in [0.25, 0.3) is 33.8 Å². The number of nitrogens with zero attached hydrogens (tertiary/aromatic N) is 7. The lowest BCUT2D eigenvalue weighted by molar-refractivity contribution is -0.140. The van der Waals surface area contributed by atoms with Gasteiger partial charge in [-0.25, -0.2) is 24.3 Å². The van der Waals surface area contributed by atoms with Crippen molar-refractivity contribution in [2.75, 3.05) is 7.11 Å². The number of halogens is 4. The average Bonchev–Trinajstić information content (AvgIpc) is 3.51. The van der Waals surface area contributed by atoms with E-state index in [4.69, 9.17) is 9.47 Å². The molecule has 0 spiro atoms. The summed E-state index contributed by atoms with van der Waals surface area (Å²) >= 11 is 0. The summed E-state index contributed by atoms with van der Waals surface area (Å²) in [7, 11) is 2.88. The summed E-state index contributed by atoms with van der Waals surface area (Å²) in [5.74, 6) is 0.184. The van der Waals surface area contributed by atoms with Gasteiger partial charge in [-0.1, -0.05) is 6.07 Å². The summed E-state index contributed by atoms with van der Waals surface area (Å²) in [6.45, 7) is -0.0892. The molecule has 0 amide bonds. The second kappa shape index (κ2) is 9.29. The first-order valence-corrected chi connectivity index (χ1v) is 11.9. The number of alkyl halides is 3. The van der Waals surface area contributed by atoms with Crippen LogP contribution < -0.4 is 9.47 Å². The first kappa shape index (κ1) is 24.7. The van der Waals surface area contributed by atoms with Gasteiger partial charge in [0.2, 0.25) is 11.8 Å². The van der Waals surface area contributed by atoms with E-state index in [1.54, 1.807) is 6.07 Å². The molecule has 0 unspecified atom stereocenters. The second-order valence-corrected chi connectivity index (χ2v) is 9.06. The van der Waals surface area contributed by atoms with Crippen LogP contribution >= 0.6 is 0 Å². The number of hydrogen-bond acceptors (Lipinski definition) is 8. The van der Waals surface area contributed by atoms with E-state index in [0.717, 1.165) is 29.3 Å². The molecule has 0 radical (unpaired) electrons. The van der Waals surface area contributed by atoms with Crippen molar-refractivity contribution in [3.63, 3.8) is 0 Å². The van der Waals surface area contributed by atoms with Gasteiger partial charge in [-0.05, 0) is 30.5 Å². The van der Waals surface area contributed by atoms with Crippen LogP contribution in [0.2, 0.25) is 0 Å². The molecule has 200 valence electrons. The predicted molar refractivity (Wildman–Crippen MR) is 129 cm³/mol. The molecule has 4 heterocycles. The Labute approximate surface area is 218 Å². The van der Waals surface area contributed by atoms with Crippen molar-refractivity contribution in [3.8, 4) is 34.5 Å². The molecule has 0 aliphatic heterocycles. The number of H-pyrrole nitrogens is 1. The number of aromatic amines is 1. The molecule has 1 fully saturated rings. The molecule has 0 bridgehead atoms. The van der Waals surface area contributed by atoms with E-state index in [9.17, 15) is 17.6 Å². The summed E-state index contributed by atoms with van der Waals surface area (Å²) in [6.07, 6.45) is 1.12. The maximum absolute atomic E-state index is 15.0. The highest BCUT2D eigenvalue weighted by atomic mass is 19.4. The number of aromatic nitrogens is 8. The minimum Gasteiger partial charge on any atom is -0.480 e. The molecule has 1 N–H and O–H groups in total. The molecule has 0 atom stereocenters. The lowest BCUT2D eigenvalue weighted by Gasteiger charge is -2.13. The second-order valence-electron chi connectivity index (χ2n) is 9.06. The van der Waals surface area contributed by atoms with Crippen LogP contribution in [0.1, 0.15) is 35.7 Å². The van der Waals surface area contributed by atoms with Crippen molar-refractivity contribution in [3.05, 3.63) is 59.7 Å². The Morgan fingerprint density at radius 3 is 2.62 bits per heavy atom. The Balaban J connectivity index is 1.31. The van der Waals surface area contributed by atoms with Crippen molar-refractivity contribution in [2.45, 2.75) is 31.5 Å². The Morgan fingerprint density at radius 1 is 1.10 bits per heavy atom. The van der Waals surface area contributed by atoms with Crippen LogP contribution in [-0.2, 0) is 19.8 Å². The molecule has 0 saturated heterocycles. The van der Waals surface area contributed by atoms with Gasteiger partial charge in [-0.2, -0.15) is 23.3 Å². The zero-order chi connectivity index (χ0) is 27.3. The van der Waals surface area contributed by atoms with Crippen molar-refractivity contribution >= 4 is 11.0 Å². The molecule has 1 saturated carbocycles. The Kier molecular flexibility index (Phi) is 5.88. The van der Waals surface area contributed by atoms with Crippen molar-refractivity contribution in [1.82, 2.24) is 39.7 Å². The Hall–Kier alpha value is -4.62. The predicted octanol–water partition coefficient (Wildman–Crippen LogP) is 4.83. The van der Waals surface area contributed by atoms with Gasteiger partial charge in [0, 0.05) is 19.2 Å². The molecule has 1 aromatic carbocycles. The van der Waals surface area contributed by atoms with Gasteiger partial charge in [0.05, 0.1) is 24.6 Å². The highest BCUT2D eigenvalue weighted by Crippen LogP contribution is 2.45. The summed E-state index contributed by atoms with van der Waals surface area (Å²) < 4.78 is 66.6. The lowest BCUT2D eigenvalue weighted by Crippen LogP contribution is -2.05. The number of fused-ring (bicyclic) bond motifs is 1. The van der Waals surface area contributed by atoms with E-state index < -0.39 is 17.7 Å². The van der Waals surface area contributed by atoms with Crippen LogP contribution in [0.3, 0.4) is 0 Å². The molecule has 6 rings (SSSR count). The SMILES string of the molecule is COc1ncnc(C2CC2)c1-c1nc(OCc2ccc(-c3nc(C(F)(F)F)cn3C)c(F)c2)c2[nH]ncc2n1. The standard InChI is InChI=1S/C25H20F4N8O2/c1-37-9-17(25(27,28)29)34-22(37)14-6-3-12(7-15(14)26)10-39-24-20-16(8-32-36-20)33-21(35-24)18-19(13-4-5-13)30-11-31-23(18)38-2/h3,6-9,11,13H,4-5,10H2,1-2H3,(H,32,36). The molecular formula is C25H20F4N8O2. The van der Waals surface area contributed by atoms with Gasteiger partial charge in [-0.3, -0.25) is 5.10 Å². The molecule has 14 heteroatoms. The van der Waals surface area contributed by atoms with Crippen molar-refractivity contribution in [1.29, 1.82) is 0 Å². The largest absolute Gasteiger partial charge is 0.480 e. The first-order valence-electron chi connectivity index (χ1n) is 11.9. The number of hydrogen-bond donors (Lipinski definition) is 1. The third-order valence-corrected chi connectivity index (χ3v) is 6.31. The fourth-order valence-electron chi connectivity index (χ4n) is 4.28. The molecule has 4 aromatic heterocycles. The summed E-state index contributed by atoms with van der Waals surface area (Å²) in [5.41, 5.74) is 1.54. The number of rotatable bonds is 7. The van der Waals surface area contributed by atoms with Gasteiger partial charge < -0.3 is 14.0 Å². The van der Waals surface area contributed by atoms with Crippen molar-refractivity contribution in [2.24, 2.45) is 7.05 Å². The molecule has 39 heavy (non-hydrogen) atoms. The van der Waals surface area contributed by atoms with Crippen LogP contribution in [0.15, 0.2) is 36.9 Å². The minimum atomic E-state index is -4.63. The van der Waals surface area contributed by atoms with E-state index in [1.165, 1.54) is 38.8 Å². The molecular weight excluding hydrogens is 520 g/mol. The van der Waals surface area contributed by atoms with E-state index in [-0.39, 0.29) is 29.8 Å². The van der Waals surface area contributed by atoms with E-state index in [0.29, 0.717) is 33.9 Å². The normalized spacial score (nSPS) is 13.7. The van der Waals surface area contributed by atoms with E-state index >= 15 is 0 Å². The Morgan fingerprint density at radius 2 is 1.92 bits per heavy atom. The fourth-order valence-corrected chi connectivity index (χ4v) is 4.28. The van der Waals surface area contributed by atoms with E-state index in [2.05, 4.69) is 35.1 Å². The highest BCUT2D eigenvalue weighted by Gasteiger charge is 2.35. The van der Waals surface area contributed by atoms with Gasteiger partial charge in [0.15, 0.2) is 11.5 Å². The maximum Gasteiger partial charge on any atom is 0.434 e. The van der Waals surface area contributed by atoms with E-state index in [1.807, 2.05) is 0 Å². The zero-order valence-corrected chi connectivity index (χ0v) is 20.6. The number of aryl methyl sites for hydroxylation is 1. The maximum atomic E-state index is 15.0. The molecule has 1 aliphatic carbocycles. The molecule has 1 aliphatic rings. The van der Waals surface area contributed by atoms with Gasteiger partial charge in [0.25, 0.3) is 0 Å². The highest BCUT2D eigenvalue weighted by molar-refractivity contribution is 5.82. The van der Waals surface area contributed by atoms with Crippen LogP contribution in [0, 0.1) is 5.82 Å². The summed E-state index contributed by atoms with van der Waals surface area (Å²) in [6, 6.07) is 4.09. The third-order valence-electron chi connectivity index (χ3n) is 6.31. The number of methoxy groups -OCH3 is 1. The van der Waals surface area contributed by atoms with Gasteiger partial charge in [-0.15, -0.1) is 0 Å². The number of nitrogens with one attached hydrogen (secondary N) is 1. The number of ether oxygens (including phenoxy) is 2. The quantitative estimate of drug-likeness (QED) is 0.292. The van der Waals surface area contributed by atoms with Gasteiger partial charge in [0.1, 0.15) is 41.2 Å². The monoisotopic (exact) mass is 540 g/mol. The zero-order valence-electron chi connectivity index (χ0n) is 20.6. The van der Waals surface area contributed by atoms with Crippen molar-refractivity contribution < 1.29 is 27.0 Å².